The minimum Gasteiger partial charge on any atom is -0.478 e. The summed E-state index contributed by atoms with van der Waals surface area (Å²) in [5, 5.41) is 8.99. The average molecular weight is 243 g/mol. The Morgan fingerprint density at radius 1 is 1.44 bits per heavy atom. The molecule has 0 atom stereocenters. The number of aromatic carboxylic acids is 1. The van der Waals surface area contributed by atoms with E-state index in [0.29, 0.717) is 5.56 Å². The van der Waals surface area contributed by atoms with Crippen LogP contribution in [0.25, 0.3) is 0 Å². The largest absolute Gasteiger partial charge is 0.478 e. The molecule has 1 heterocycles. The van der Waals surface area contributed by atoms with Crippen LogP contribution < -0.4 is 0 Å². The third-order valence-electron chi connectivity index (χ3n) is 3.27. The van der Waals surface area contributed by atoms with E-state index >= 15 is 0 Å². The molecule has 18 heavy (non-hydrogen) atoms. The molecule has 0 aromatic heterocycles. The number of hydrogen-bond acceptors (Lipinski definition) is 2. The third kappa shape index (κ3) is 2.91. The van der Waals surface area contributed by atoms with Gasteiger partial charge in [0.25, 0.3) is 0 Å². The van der Waals surface area contributed by atoms with E-state index in [4.69, 9.17) is 5.11 Å². The van der Waals surface area contributed by atoms with Crippen molar-refractivity contribution in [2.24, 2.45) is 0 Å². The molecule has 1 aromatic carbocycles. The molecule has 1 aliphatic heterocycles. The van der Waals surface area contributed by atoms with Crippen LogP contribution in [0.5, 0.6) is 0 Å². The second-order valence-corrected chi connectivity index (χ2v) is 4.49. The van der Waals surface area contributed by atoms with Gasteiger partial charge in [0.05, 0.1) is 5.56 Å². The number of carboxylic acids is 1. The molecule has 1 aliphatic rings. The minimum atomic E-state index is -0.855. The fraction of sp³-hybridized carbons (Fsp3) is 0.400. The van der Waals surface area contributed by atoms with Gasteiger partial charge in [0.1, 0.15) is 0 Å². The maximum atomic E-state index is 10.9. The monoisotopic (exact) mass is 243 g/mol. The van der Waals surface area contributed by atoms with Crippen molar-refractivity contribution in [3.8, 4) is 11.8 Å². The SMILES string of the molecule is CC#CCCN1CCc2ccc(C(=O)O)cc2C1. The Morgan fingerprint density at radius 2 is 2.28 bits per heavy atom. The van der Waals surface area contributed by atoms with Gasteiger partial charge in [-0.15, -0.1) is 11.8 Å². The number of fused-ring (bicyclic) bond motifs is 1. The summed E-state index contributed by atoms with van der Waals surface area (Å²) in [4.78, 5) is 13.3. The Labute approximate surface area is 107 Å². The zero-order valence-corrected chi connectivity index (χ0v) is 10.6. The molecule has 0 saturated carbocycles. The first kappa shape index (κ1) is 12.7. The van der Waals surface area contributed by atoms with Crippen molar-refractivity contribution in [2.75, 3.05) is 13.1 Å². The molecule has 2 rings (SSSR count). The minimum absolute atomic E-state index is 0.379. The average Bonchev–Trinajstić information content (AvgIpc) is 2.38. The van der Waals surface area contributed by atoms with Crippen LogP contribution in [0.1, 0.15) is 34.8 Å². The van der Waals surface area contributed by atoms with Gasteiger partial charge in [-0.3, -0.25) is 4.90 Å². The van der Waals surface area contributed by atoms with Gasteiger partial charge in [0, 0.05) is 26.1 Å². The van der Waals surface area contributed by atoms with Crippen LogP contribution in [-0.4, -0.2) is 29.1 Å². The predicted molar refractivity (Wildman–Crippen MR) is 70.4 cm³/mol. The molecule has 94 valence electrons. The quantitative estimate of drug-likeness (QED) is 0.827. The van der Waals surface area contributed by atoms with E-state index in [0.717, 1.165) is 38.0 Å². The lowest BCUT2D eigenvalue weighted by atomic mass is 9.97. The third-order valence-corrected chi connectivity index (χ3v) is 3.27. The highest BCUT2D eigenvalue weighted by atomic mass is 16.4. The van der Waals surface area contributed by atoms with Gasteiger partial charge in [-0.05, 0) is 36.6 Å². The summed E-state index contributed by atoms with van der Waals surface area (Å²) in [7, 11) is 0. The normalized spacial score (nSPS) is 14.5. The molecule has 0 radical (unpaired) electrons. The van der Waals surface area contributed by atoms with Gasteiger partial charge in [-0.25, -0.2) is 4.79 Å². The van der Waals surface area contributed by atoms with Crippen LogP contribution in [0.2, 0.25) is 0 Å². The summed E-state index contributed by atoms with van der Waals surface area (Å²) in [5.74, 6) is 5.10. The Hall–Kier alpha value is -1.79. The van der Waals surface area contributed by atoms with Gasteiger partial charge >= 0.3 is 5.97 Å². The lowest BCUT2D eigenvalue weighted by Gasteiger charge is -2.28. The zero-order chi connectivity index (χ0) is 13.0. The van der Waals surface area contributed by atoms with Crippen LogP contribution in [0.15, 0.2) is 18.2 Å². The van der Waals surface area contributed by atoms with Crippen molar-refractivity contribution >= 4 is 5.97 Å². The Balaban J connectivity index is 2.08. The molecule has 3 nitrogen and oxygen atoms in total. The molecule has 0 amide bonds. The number of hydrogen-bond donors (Lipinski definition) is 1. The summed E-state index contributed by atoms with van der Waals surface area (Å²) >= 11 is 0. The van der Waals surface area contributed by atoms with Crippen molar-refractivity contribution in [1.82, 2.24) is 4.90 Å². The molecule has 0 fully saturated rings. The molecule has 3 heteroatoms. The molecular formula is C15H17NO2. The van der Waals surface area contributed by atoms with Crippen molar-refractivity contribution in [3.63, 3.8) is 0 Å². The molecule has 0 bridgehead atoms. The lowest BCUT2D eigenvalue weighted by molar-refractivity contribution is 0.0696. The van der Waals surface area contributed by atoms with E-state index in [1.807, 2.05) is 13.0 Å². The van der Waals surface area contributed by atoms with Gasteiger partial charge in [-0.1, -0.05) is 6.07 Å². The highest BCUT2D eigenvalue weighted by Crippen LogP contribution is 2.20. The van der Waals surface area contributed by atoms with Crippen molar-refractivity contribution in [2.45, 2.75) is 26.3 Å². The molecule has 1 aromatic rings. The van der Waals surface area contributed by atoms with Crippen LogP contribution >= 0.6 is 0 Å². The summed E-state index contributed by atoms with van der Waals surface area (Å²) in [6.45, 7) is 4.68. The van der Waals surface area contributed by atoms with E-state index in [9.17, 15) is 4.79 Å². The topological polar surface area (TPSA) is 40.5 Å². The maximum absolute atomic E-state index is 10.9. The summed E-state index contributed by atoms with van der Waals surface area (Å²) < 4.78 is 0. The summed E-state index contributed by atoms with van der Waals surface area (Å²) in [6.07, 6.45) is 1.87. The first-order valence-corrected chi connectivity index (χ1v) is 6.18. The lowest BCUT2D eigenvalue weighted by Crippen LogP contribution is -2.31. The smallest absolute Gasteiger partial charge is 0.335 e. The van der Waals surface area contributed by atoms with Crippen LogP contribution in [0, 0.1) is 11.8 Å². The van der Waals surface area contributed by atoms with Gasteiger partial charge in [0.15, 0.2) is 0 Å². The summed E-state index contributed by atoms with van der Waals surface area (Å²) in [5.41, 5.74) is 2.80. The molecule has 0 unspecified atom stereocenters. The molecule has 1 N–H and O–H groups in total. The van der Waals surface area contributed by atoms with E-state index in [-0.39, 0.29) is 0 Å². The molecular weight excluding hydrogens is 226 g/mol. The maximum Gasteiger partial charge on any atom is 0.335 e. The zero-order valence-electron chi connectivity index (χ0n) is 10.6. The van der Waals surface area contributed by atoms with E-state index in [1.165, 1.54) is 5.56 Å². The van der Waals surface area contributed by atoms with Crippen LogP contribution in [-0.2, 0) is 13.0 Å². The fourth-order valence-corrected chi connectivity index (χ4v) is 2.28. The highest BCUT2D eigenvalue weighted by Gasteiger charge is 2.17. The van der Waals surface area contributed by atoms with Crippen LogP contribution in [0.4, 0.5) is 0 Å². The number of rotatable bonds is 3. The van der Waals surface area contributed by atoms with Crippen LogP contribution in [0.3, 0.4) is 0 Å². The second kappa shape index (κ2) is 5.70. The van der Waals surface area contributed by atoms with Gasteiger partial charge < -0.3 is 5.11 Å². The van der Waals surface area contributed by atoms with Crippen molar-refractivity contribution in [1.29, 1.82) is 0 Å². The standard InChI is InChI=1S/C15H17NO2/c1-2-3-4-8-16-9-7-12-5-6-13(15(17)18)10-14(12)11-16/h5-6,10H,4,7-9,11H2,1H3,(H,17,18). The first-order valence-electron chi connectivity index (χ1n) is 6.18. The van der Waals surface area contributed by atoms with E-state index in [1.54, 1.807) is 12.1 Å². The van der Waals surface area contributed by atoms with Gasteiger partial charge in [0.2, 0.25) is 0 Å². The Morgan fingerprint density at radius 3 is 3.00 bits per heavy atom. The number of carbonyl (C=O) groups is 1. The first-order chi connectivity index (χ1) is 8.70. The number of carboxylic acid groups (broad SMARTS) is 1. The fourth-order valence-electron chi connectivity index (χ4n) is 2.28. The predicted octanol–water partition coefficient (Wildman–Crippen LogP) is 2.16. The Kier molecular flexibility index (Phi) is 4.01. The number of nitrogens with zero attached hydrogens (tertiary/aromatic N) is 1. The molecule has 0 spiro atoms. The number of benzene rings is 1. The van der Waals surface area contributed by atoms with Gasteiger partial charge in [-0.2, -0.15) is 0 Å². The van der Waals surface area contributed by atoms with E-state index in [2.05, 4.69) is 16.7 Å². The van der Waals surface area contributed by atoms with Crippen molar-refractivity contribution < 1.29 is 9.90 Å². The Bertz CT molecular complexity index is 511. The molecule has 0 aliphatic carbocycles. The second-order valence-electron chi connectivity index (χ2n) is 4.49. The van der Waals surface area contributed by atoms with E-state index < -0.39 is 5.97 Å². The van der Waals surface area contributed by atoms with Crippen molar-refractivity contribution in [3.05, 3.63) is 34.9 Å². The highest BCUT2D eigenvalue weighted by molar-refractivity contribution is 5.87. The molecule has 0 saturated heterocycles. The summed E-state index contributed by atoms with van der Waals surface area (Å²) in [6, 6.07) is 5.44.